The molecule has 1 fully saturated rings. The van der Waals surface area contributed by atoms with Crippen molar-refractivity contribution < 1.29 is 4.79 Å². The molecule has 1 atom stereocenters. The number of piperidine rings is 1. The first-order valence-electron chi connectivity index (χ1n) is 9.49. The summed E-state index contributed by atoms with van der Waals surface area (Å²) in [5.74, 6) is 0.712. The molecule has 0 spiro atoms. The van der Waals surface area contributed by atoms with E-state index in [1.54, 1.807) is 0 Å². The summed E-state index contributed by atoms with van der Waals surface area (Å²) in [7, 11) is 0. The Morgan fingerprint density at radius 2 is 1.92 bits per heavy atom. The zero-order valence-corrected chi connectivity index (χ0v) is 15.1. The van der Waals surface area contributed by atoms with E-state index in [-0.39, 0.29) is 12.1 Å². The van der Waals surface area contributed by atoms with Crippen molar-refractivity contribution in [2.45, 2.75) is 58.0 Å². The Morgan fingerprint density at radius 3 is 2.67 bits per heavy atom. The van der Waals surface area contributed by atoms with Crippen LogP contribution in [0.2, 0.25) is 0 Å². The van der Waals surface area contributed by atoms with E-state index in [0.29, 0.717) is 12.0 Å². The highest BCUT2D eigenvalue weighted by Gasteiger charge is 2.24. The van der Waals surface area contributed by atoms with Crippen LogP contribution in [-0.2, 0) is 6.42 Å². The van der Waals surface area contributed by atoms with Crippen LogP contribution in [0.3, 0.4) is 0 Å². The molecule has 2 aliphatic rings. The molecule has 1 aromatic carbocycles. The second-order valence-corrected chi connectivity index (χ2v) is 7.73. The van der Waals surface area contributed by atoms with Crippen molar-refractivity contribution in [1.82, 2.24) is 15.5 Å². The maximum Gasteiger partial charge on any atom is 0.315 e. The van der Waals surface area contributed by atoms with Crippen molar-refractivity contribution in [2.24, 2.45) is 5.92 Å². The summed E-state index contributed by atoms with van der Waals surface area (Å²) in [5.41, 5.74) is 2.68. The highest BCUT2D eigenvalue weighted by molar-refractivity contribution is 5.75. The van der Waals surface area contributed by atoms with Gasteiger partial charge in [0.2, 0.25) is 0 Å². The topological polar surface area (TPSA) is 44.4 Å². The number of benzene rings is 1. The van der Waals surface area contributed by atoms with Crippen LogP contribution >= 0.6 is 0 Å². The van der Waals surface area contributed by atoms with Gasteiger partial charge in [0.1, 0.15) is 0 Å². The fraction of sp³-hybridized carbons (Fsp3) is 0.650. The number of nitrogens with zero attached hydrogens (tertiary/aromatic N) is 1. The summed E-state index contributed by atoms with van der Waals surface area (Å²) in [4.78, 5) is 14.9. The molecule has 3 rings (SSSR count). The van der Waals surface area contributed by atoms with E-state index < -0.39 is 0 Å². The van der Waals surface area contributed by atoms with E-state index in [4.69, 9.17) is 0 Å². The lowest BCUT2D eigenvalue weighted by molar-refractivity contribution is 0.177. The van der Waals surface area contributed by atoms with Gasteiger partial charge in [-0.25, -0.2) is 4.79 Å². The Hall–Kier alpha value is -1.55. The summed E-state index contributed by atoms with van der Waals surface area (Å²) in [6.07, 6.45) is 5.43. The molecule has 2 amide bonds. The third-order valence-corrected chi connectivity index (χ3v) is 5.22. The lowest BCUT2D eigenvalue weighted by atomic mass is 9.88. The number of carbonyl (C=O) groups excluding carboxylic acids is 1. The van der Waals surface area contributed by atoms with Crippen molar-refractivity contribution in [3.8, 4) is 0 Å². The molecule has 0 radical (unpaired) electrons. The SMILES string of the molecule is CC(C)CN1CCC(NC(=O)N[C@@H]2CCCc3ccccc32)CC1. The zero-order chi connectivity index (χ0) is 16.9. The van der Waals surface area contributed by atoms with E-state index in [9.17, 15) is 4.79 Å². The smallest absolute Gasteiger partial charge is 0.315 e. The van der Waals surface area contributed by atoms with Crippen LogP contribution in [0.25, 0.3) is 0 Å². The quantitative estimate of drug-likeness (QED) is 0.888. The Morgan fingerprint density at radius 1 is 1.17 bits per heavy atom. The van der Waals surface area contributed by atoms with Crippen LogP contribution in [0.15, 0.2) is 24.3 Å². The van der Waals surface area contributed by atoms with Gasteiger partial charge in [0.25, 0.3) is 0 Å². The lowest BCUT2D eigenvalue weighted by Crippen LogP contribution is -2.49. The minimum atomic E-state index is -0.000914. The van der Waals surface area contributed by atoms with Crippen LogP contribution in [0.5, 0.6) is 0 Å². The second-order valence-electron chi connectivity index (χ2n) is 7.73. The minimum Gasteiger partial charge on any atom is -0.335 e. The average molecular weight is 329 g/mol. The molecule has 0 unspecified atom stereocenters. The Labute approximate surface area is 146 Å². The van der Waals surface area contributed by atoms with Crippen molar-refractivity contribution in [1.29, 1.82) is 0 Å². The molecule has 24 heavy (non-hydrogen) atoms. The van der Waals surface area contributed by atoms with E-state index in [2.05, 4.69) is 53.6 Å². The number of carbonyl (C=O) groups is 1. The lowest BCUT2D eigenvalue weighted by Gasteiger charge is -2.34. The number of fused-ring (bicyclic) bond motifs is 1. The first-order chi connectivity index (χ1) is 11.6. The molecule has 1 aromatic rings. The van der Waals surface area contributed by atoms with Gasteiger partial charge in [0, 0.05) is 25.7 Å². The van der Waals surface area contributed by atoms with E-state index in [1.165, 1.54) is 11.1 Å². The van der Waals surface area contributed by atoms with E-state index in [1.807, 2.05) is 0 Å². The van der Waals surface area contributed by atoms with Crippen molar-refractivity contribution >= 4 is 6.03 Å². The highest BCUT2D eigenvalue weighted by atomic mass is 16.2. The number of urea groups is 1. The predicted molar refractivity (Wildman–Crippen MR) is 98.1 cm³/mol. The third kappa shape index (κ3) is 4.50. The van der Waals surface area contributed by atoms with Gasteiger partial charge in [-0.3, -0.25) is 0 Å². The monoisotopic (exact) mass is 329 g/mol. The Balaban J connectivity index is 1.47. The van der Waals surface area contributed by atoms with Crippen LogP contribution in [0.1, 0.15) is 56.7 Å². The number of aryl methyl sites for hydroxylation is 1. The molecule has 1 heterocycles. The standard InChI is InChI=1S/C20H31N3O/c1-15(2)14-23-12-10-17(11-13-23)21-20(24)22-19-9-5-7-16-6-3-4-8-18(16)19/h3-4,6,8,15,17,19H,5,7,9-14H2,1-2H3,(H2,21,22,24)/t19-/m1/s1. The van der Waals surface area contributed by atoms with Gasteiger partial charge in [-0.15, -0.1) is 0 Å². The average Bonchev–Trinajstić information content (AvgIpc) is 2.56. The van der Waals surface area contributed by atoms with Gasteiger partial charge in [-0.05, 0) is 49.1 Å². The summed E-state index contributed by atoms with van der Waals surface area (Å²) in [5, 5.41) is 6.40. The van der Waals surface area contributed by atoms with Crippen molar-refractivity contribution in [3.05, 3.63) is 35.4 Å². The van der Waals surface area contributed by atoms with Crippen LogP contribution in [0.4, 0.5) is 4.79 Å². The Bertz CT molecular complexity index is 550. The fourth-order valence-electron chi connectivity index (χ4n) is 4.07. The van der Waals surface area contributed by atoms with Gasteiger partial charge in [0.15, 0.2) is 0 Å². The molecule has 2 N–H and O–H groups in total. The largest absolute Gasteiger partial charge is 0.335 e. The molecule has 0 saturated carbocycles. The van der Waals surface area contributed by atoms with Crippen molar-refractivity contribution in [3.63, 3.8) is 0 Å². The molecule has 0 bridgehead atoms. The molecule has 1 aliphatic heterocycles. The van der Waals surface area contributed by atoms with Gasteiger partial charge >= 0.3 is 6.03 Å². The zero-order valence-electron chi connectivity index (χ0n) is 15.1. The molecular weight excluding hydrogens is 298 g/mol. The van der Waals surface area contributed by atoms with Crippen LogP contribution < -0.4 is 10.6 Å². The minimum absolute atomic E-state index is 0.000914. The van der Waals surface area contributed by atoms with E-state index >= 15 is 0 Å². The van der Waals surface area contributed by atoms with E-state index in [0.717, 1.165) is 51.7 Å². The predicted octanol–water partition coefficient (Wildman–Crippen LogP) is 3.48. The number of hydrogen-bond donors (Lipinski definition) is 2. The normalized spacial score (nSPS) is 22.2. The van der Waals surface area contributed by atoms with Gasteiger partial charge in [-0.2, -0.15) is 0 Å². The Kier molecular flexibility index (Phi) is 5.77. The van der Waals surface area contributed by atoms with Gasteiger partial charge in [0.05, 0.1) is 6.04 Å². The summed E-state index contributed by atoms with van der Waals surface area (Å²) in [6.45, 7) is 7.88. The molecule has 1 aliphatic carbocycles. The summed E-state index contributed by atoms with van der Waals surface area (Å²) >= 11 is 0. The second kappa shape index (κ2) is 8.02. The molecule has 1 saturated heterocycles. The number of nitrogens with one attached hydrogen (secondary N) is 2. The highest BCUT2D eigenvalue weighted by Crippen LogP contribution is 2.29. The van der Waals surface area contributed by atoms with Gasteiger partial charge in [-0.1, -0.05) is 38.1 Å². The number of amides is 2. The maximum absolute atomic E-state index is 12.4. The summed E-state index contributed by atoms with van der Waals surface area (Å²) in [6, 6.07) is 8.98. The number of rotatable bonds is 4. The molecule has 4 heteroatoms. The molecular formula is C20H31N3O. The van der Waals surface area contributed by atoms with Gasteiger partial charge < -0.3 is 15.5 Å². The van der Waals surface area contributed by atoms with Crippen LogP contribution in [-0.4, -0.2) is 36.6 Å². The molecule has 132 valence electrons. The molecule has 4 nitrogen and oxygen atoms in total. The third-order valence-electron chi connectivity index (χ3n) is 5.22. The first-order valence-corrected chi connectivity index (χ1v) is 9.49. The number of likely N-dealkylation sites (tertiary alicyclic amines) is 1. The number of hydrogen-bond acceptors (Lipinski definition) is 2. The first kappa shape index (κ1) is 17.3. The van der Waals surface area contributed by atoms with Crippen molar-refractivity contribution in [2.75, 3.05) is 19.6 Å². The van der Waals surface area contributed by atoms with Crippen LogP contribution in [0, 0.1) is 5.92 Å². The molecule has 0 aromatic heterocycles. The maximum atomic E-state index is 12.4. The summed E-state index contributed by atoms with van der Waals surface area (Å²) < 4.78 is 0. The fourth-order valence-corrected chi connectivity index (χ4v) is 4.07.